The highest BCUT2D eigenvalue weighted by Crippen LogP contribution is 2.54. The van der Waals surface area contributed by atoms with Gasteiger partial charge in [0.25, 0.3) is 21.6 Å². The molecule has 17 nitrogen and oxygen atoms in total. The first kappa shape index (κ1) is 44.7. The average molecular weight is 947 g/mol. The number of ether oxygens (including phenoxy) is 4. The van der Waals surface area contributed by atoms with Crippen molar-refractivity contribution in [2.75, 3.05) is 74.4 Å². The van der Waals surface area contributed by atoms with Crippen molar-refractivity contribution in [3.8, 4) is 5.88 Å². The number of anilines is 4. The molecule has 3 aromatic carbocycles. The van der Waals surface area contributed by atoms with E-state index in [-0.39, 0.29) is 34.7 Å². The molecule has 1 aliphatic carbocycles. The molecule has 6 aliphatic rings. The van der Waals surface area contributed by atoms with Crippen molar-refractivity contribution < 1.29 is 37.1 Å². The number of sulfonamides is 1. The third-order valence-corrected chi connectivity index (χ3v) is 16.8. The van der Waals surface area contributed by atoms with Crippen LogP contribution in [0.15, 0.2) is 83.9 Å². The number of H-pyrrole nitrogens is 1. The lowest BCUT2D eigenvalue weighted by Crippen LogP contribution is -2.60. The Morgan fingerprint density at radius 2 is 1.74 bits per heavy atom. The van der Waals surface area contributed by atoms with E-state index < -0.39 is 37.5 Å². The van der Waals surface area contributed by atoms with Crippen LogP contribution in [0.1, 0.15) is 73.0 Å². The number of carbonyl (C=O) groups is 1. The zero-order valence-corrected chi connectivity index (χ0v) is 39.2. The number of hydrogen-bond acceptors (Lipinski definition) is 14. The number of nitro benzene ring substituents is 1. The van der Waals surface area contributed by atoms with E-state index in [0.29, 0.717) is 74.6 Å². The molecule has 11 rings (SSSR count). The van der Waals surface area contributed by atoms with Crippen LogP contribution in [-0.4, -0.2) is 118 Å². The van der Waals surface area contributed by atoms with E-state index in [4.69, 9.17) is 23.9 Å². The molecule has 5 fully saturated rings. The van der Waals surface area contributed by atoms with Crippen molar-refractivity contribution in [3.63, 3.8) is 0 Å². The van der Waals surface area contributed by atoms with Gasteiger partial charge in [-0.25, -0.2) is 13.1 Å². The molecule has 1 saturated carbocycles. The smallest absolute Gasteiger partial charge is 0.293 e. The molecule has 18 heteroatoms. The lowest BCUT2D eigenvalue weighted by molar-refractivity contribution is -0.384. The number of carbonyl (C=O) groups excluding carboxylic acids is 1. The molecule has 1 spiro atoms. The second-order valence-electron chi connectivity index (χ2n) is 19.6. The van der Waals surface area contributed by atoms with E-state index in [0.717, 1.165) is 75.4 Å². The predicted molar refractivity (Wildman–Crippen MR) is 256 cm³/mol. The zero-order valence-electron chi connectivity index (χ0n) is 38.4. The number of pyridine rings is 1. The number of fused-ring (bicyclic) bond motifs is 3. The molecule has 4 atom stereocenters. The molecular formula is C50H58N8O9S. The first-order valence-corrected chi connectivity index (χ1v) is 25.4. The number of nitro groups is 1. The van der Waals surface area contributed by atoms with Crippen LogP contribution in [0.3, 0.4) is 0 Å². The van der Waals surface area contributed by atoms with Crippen LogP contribution in [-0.2, 0) is 24.2 Å². The molecule has 3 N–H and O–H groups in total. The normalized spacial score (nSPS) is 24.3. The largest absolute Gasteiger partial charge is 0.468 e. The van der Waals surface area contributed by atoms with E-state index in [1.807, 2.05) is 29.2 Å². The second kappa shape index (κ2) is 17.9. The van der Waals surface area contributed by atoms with Gasteiger partial charge in [-0.05, 0) is 117 Å². The fourth-order valence-electron chi connectivity index (χ4n) is 11.7. The number of benzene rings is 3. The Morgan fingerprint density at radius 1 is 0.941 bits per heavy atom. The first-order valence-electron chi connectivity index (χ1n) is 23.9. The number of nitrogens with one attached hydrogen (secondary N) is 3. The van der Waals surface area contributed by atoms with Crippen molar-refractivity contribution in [1.29, 1.82) is 0 Å². The lowest BCUT2D eigenvalue weighted by atomic mass is 9.59. The van der Waals surface area contributed by atoms with Gasteiger partial charge in [0.1, 0.15) is 23.1 Å². The number of aromatic amines is 1. The van der Waals surface area contributed by atoms with E-state index in [1.54, 1.807) is 12.3 Å². The Balaban J connectivity index is 0.873. The predicted octanol–water partition coefficient (Wildman–Crippen LogP) is 7.25. The number of aromatic nitrogens is 2. The summed E-state index contributed by atoms with van der Waals surface area (Å²) in [6.07, 6.45) is 7.37. The highest BCUT2D eigenvalue weighted by molar-refractivity contribution is 7.90. The van der Waals surface area contributed by atoms with Crippen molar-refractivity contribution in [1.82, 2.24) is 19.6 Å². The summed E-state index contributed by atoms with van der Waals surface area (Å²) >= 11 is 0. The molecule has 4 saturated heterocycles. The number of amides is 1. The van der Waals surface area contributed by atoms with Crippen LogP contribution >= 0.6 is 0 Å². The van der Waals surface area contributed by atoms with Crippen molar-refractivity contribution >= 4 is 55.4 Å². The average Bonchev–Trinajstić information content (AvgIpc) is 4.01. The zero-order chi connectivity index (χ0) is 46.7. The van der Waals surface area contributed by atoms with Crippen LogP contribution < -0.4 is 24.6 Å². The maximum absolute atomic E-state index is 14.6. The maximum atomic E-state index is 14.6. The van der Waals surface area contributed by atoms with E-state index in [1.165, 1.54) is 23.3 Å². The molecule has 0 radical (unpaired) electrons. The minimum Gasteiger partial charge on any atom is -0.468 e. The fourth-order valence-corrected chi connectivity index (χ4v) is 12.7. The second-order valence-corrected chi connectivity index (χ2v) is 21.3. The summed E-state index contributed by atoms with van der Waals surface area (Å²) in [5, 5.41) is 16.2. The Labute approximate surface area is 395 Å². The minimum absolute atomic E-state index is 0.104. The van der Waals surface area contributed by atoms with Crippen LogP contribution in [0.25, 0.3) is 11.0 Å². The topological polar surface area (TPSA) is 194 Å². The molecule has 358 valence electrons. The molecule has 5 aliphatic heterocycles. The van der Waals surface area contributed by atoms with Gasteiger partial charge in [-0.3, -0.25) is 19.8 Å². The Hall–Kier alpha value is -5.79. The van der Waals surface area contributed by atoms with Gasteiger partial charge < -0.3 is 39.0 Å². The van der Waals surface area contributed by atoms with Gasteiger partial charge in [-0.2, -0.15) is 4.98 Å². The molecule has 68 heavy (non-hydrogen) atoms. The van der Waals surface area contributed by atoms with Gasteiger partial charge in [-0.15, -0.1) is 0 Å². The molecular weight excluding hydrogens is 889 g/mol. The third kappa shape index (κ3) is 8.33. The molecule has 2 aromatic heterocycles. The number of aryl methyl sites for hydroxylation is 1. The van der Waals surface area contributed by atoms with Gasteiger partial charge in [0.2, 0.25) is 5.88 Å². The van der Waals surface area contributed by atoms with Gasteiger partial charge in [0.05, 0.1) is 59.6 Å². The standard InChI is InChI=1S/C50H58N8O9S/c1-31-5-3-4-6-38(31)44-28-65-27-32(2)56(44)36-24-50(25-36)14-17-55(18-15-50)35-7-9-39(41(22-35)57-43-21-34-11-16-51-47(34)53-49(43)67-46-30-66-29-45(46)57)48(59)54-68(62,63)37-8-10-40(42(23-37)58(60)61)52-26-33-12-19-64-20-13-33/h3-11,16,21-23,32-33,36,44-46,52H,12-15,17-20,24-30H2,1-2H3,(H,51,53)(H,54,59)/t32-,44+,45+,46+/m0/s1. The van der Waals surface area contributed by atoms with Crippen molar-refractivity contribution in [2.24, 2.45) is 11.3 Å². The molecule has 0 unspecified atom stereocenters. The summed E-state index contributed by atoms with van der Waals surface area (Å²) in [7, 11) is -4.59. The van der Waals surface area contributed by atoms with E-state index in [2.05, 4.69) is 62.9 Å². The minimum atomic E-state index is -4.59. The van der Waals surface area contributed by atoms with Crippen LogP contribution in [0.2, 0.25) is 0 Å². The number of morpholine rings is 1. The summed E-state index contributed by atoms with van der Waals surface area (Å²) in [5.41, 5.74) is 5.44. The number of piperidine rings is 1. The van der Waals surface area contributed by atoms with Crippen LogP contribution in [0.5, 0.6) is 5.88 Å². The molecule has 1 amide bonds. The van der Waals surface area contributed by atoms with E-state index in [9.17, 15) is 23.3 Å². The number of hydrogen-bond donors (Lipinski definition) is 3. The SMILES string of the molecule is Cc1ccccc1[C@H]1COC[C@H](C)N1C1CC2(CCN(c3ccc(C(=O)NS(=O)(=O)c4ccc(NCC5CCOCC5)c([N+](=O)[O-])c4)c(N4c5cc6cc[nH]c6nc5O[C@@H]5COC[C@H]54)c3)CC2)C1. The van der Waals surface area contributed by atoms with Gasteiger partial charge in [0.15, 0.2) is 0 Å². The Morgan fingerprint density at radius 3 is 2.53 bits per heavy atom. The maximum Gasteiger partial charge on any atom is 0.293 e. The first-order chi connectivity index (χ1) is 32.9. The Kier molecular flexibility index (Phi) is 11.8. The summed E-state index contributed by atoms with van der Waals surface area (Å²) in [6.45, 7) is 9.91. The summed E-state index contributed by atoms with van der Waals surface area (Å²) in [6, 6.07) is 22.4. The molecule has 7 heterocycles. The lowest BCUT2D eigenvalue weighted by Gasteiger charge is -2.59. The third-order valence-electron chi connectivity index (χ3n) is 15.4. The van der Waals surface area contributed by atoms with Crippen LogP contribution in [0, 0.1) is 28.4 Å². The van der Waals surface area contributed by atoms with Crippen molar-refractivity contribution in [3.05, 3.63) is 106 Å². The van der Waals surface area contributed by atoms with Crippen molar-refractivity contribution in [2.45, 2.75) is 87.5 Å². The number of rotatable bonds is 11. The highest BCUT2D eigenvalue weighted by atomic mass is 32.2. The van der Waals surface area contributed by atoms with Gasteiger partial charge in [0, 0.05) is 68.3 Å². The summed E-state index contributed by atoms with van der Waals surface area (Å²) in [4.78, 5) is 40.9. The summed E-state index contributed by atoms with van der Waals surface area (Å²) < 4.78 is 54.4. The molecule has 5 aromatic rings. The monoisotopic (exact) mass is 946 g/mol. The fraction of sp³-hybridized carbons (Fsp3) is 0.480. The Bertz CT molecular complexity index is 2840. The molecule has 0 bridgehead atoms. The quantitative estimate of drug-likeness (QED) is 0.0886. The van der Waals surface area contributed by atoms with E-state index >= 15 is 0 Å². The van der Waals surface area contributed by atoms with Gasteiger partial charge in [-0.1, -0.05) is 24.3 Å². The van der Waals surface area contributed by atoms with Crippen LogP contribution in [0.4, 0.5) is 28.4 Å². The summed E-state index contributed by atoms with van der Waals surface area (Å²) in [5.74, 6) is -0.243. The highest BCUT2D eigenvalue weighted by Gasteiger charge is 2.51. The van der Waals surface area contributed by atoms with Gasteiger partial charge >= 0.3 is 0 Å². The number of nitrogens with zero attached hydrogens (tertiary/aromatic N) is 5.